The third-order valence-electron chi connectivity index (χ3n) is 9.79. The van der Waals surface area contributed by atoms with Gasteiger partial charge in [-0.05, 0) is 53.6 Å². The number of furan rings is 1. The third kappa shape index (κ3) is 4.97. The number of thiophene rings is 1. The molecular formula is C46H26N4OS2. The van der Waals surface area contributed by atoms with Crippen LogP contribution < -0.4 is 0 Å². The van der Waals surface area contributed by atoms with Gasteiger partial charge in [-0.1, -0.05) is 115 Å². The van der Waals surface area contributed by atoms with E-state index >= 15 is 0 Å². The molecule has 7 aromatic carbocycles. The molecule has 248 valence electrons. The van der Waals surface area contributed by atoms with E-state index in [1.54, 1.807) is 22.7 Å². The van der Waals surface area contributed by atoms with Crippen molar-refractivity contribution in [3.63, 3.8) is 0 Å². The molecule has 7 heteroatoms. The molecule has 0 spiro atoms. The average Bonchev–Trinajstić information content (AvgIpc) is 3.94. The number of thiazole rings is 1. The molecule has 11 aromatic rings. The molecule has 0 fully saturated rings. The third-order valence-corrected chi connectivity index (χ3v) is 12.1. The van der Waals surface area contributed by atoms with Crippen LogP contribution in [0.2, 0.25) is 0 Å². The average molecular weight is 715 g/mol. The Bertz CT molecular complexity index is 3160. The van der Waals surface area contributed by atoms with E-state index in [2.05, 4.69) is 103 Å². The molecule has 0 N–H and O–H groups in total. The highest BCUT2D eigenvalue weighted by Crippen LogP contribution is 2.43. The molecular weight excluding hydrogens is 689 g/mol. The largest absolute Gasteiger partial charge is 0.456 e. The summed E-state index contributed by atoms with van der Waals surface area (Å²) in [7, 11) is 0. The summed E-state index contributed by atoms with van der Waals surface area (Å²) in [6, 6.07) is 54.4. The number of fused-ring (bicyclic) bond motifs is 7. The fourth-order valence-electron chi connectivity index (χ4n) is 7.37. The van der Waals surface area contributed by atoms with E-state index in [4.69, 9.17) is 24.4 Å². The zero-order valence-corrected chi connectivity index (χ0v) is 29.7. The van der Waals surface area contributed by atoms with E-state index in [0.717, 1.165) is 70.5 Å². The second-order valence-electron chi connectivity index (χ2n) is 13.0. The summed E-state index contributed by atoms with van der Waals surface area (Å²) in [6.45, 7) is 0. The molecule has 11 rings (SSSR count). The number of hydrogen-bond donors (Lipinski definition) is 0. The van der Waals surface area contributed by atoms with Crippen molar-refractivity contribution in [1.29, 1.82) is 0 Å². The predicted octanol–water partition coefficient (Wildman–Crippen LogP) is 13.1. The van der Waals surface area contributed by atoms with Gasteiger partial charge in [-0.2, -0.15) is 0 Å². The van der Waals surface area contributed by atoms with Crippen molar-refractivity contribution in [2.24, 2.45) is 0 Å². The molecule has 0 aliphatic carbocycles. The molecule has 0 unspecified atom stereocenters. The summed E-state index contributed by atoms with van der Waals surface area (Å²) in [6.07, 6.45) is 0. The summed E-state index contributed by atoms with van der Waals surface area (Å²) in [5.41, 5.74) is 8.65. The van der Waals surface area contributed by atoms with Crippen LogP contribution in [0.1, 0.15) is 0 Å². The van der Waals surface area contributed by atoms with Crippen molar-refractivity contribution >= 4 is 75.0 Å². The minimum absolute atomic E-state index is 0.596. The van der Waals surface area contributed by atoms with E-state index in [1.165, 1.54) is 20.2 Å². The van der Waals surface area contributed by atoms with Crippen LogP contribution in [0, 0.1) is 0 Å². The highest BCUT2D eigenvalue weighted by molar-refractivity contribution is 7.26. The molecule has 4 heterocycles. The normalized spacial score (nSPS) is 11.8. The van der Waals surface area contributed by atoms with Gasteiger partial charge in [0.15, 0.2) is 17.5 Å². The SMILES string of the molecule is c1ccc(-c2nc(-c3cccc4c3sc3ccccc34)nc(-c3cccc4oc5cccc(-c6cccc(-c7nc8ccccc8s7)c6)c5c34)n2)cc1. The standard InChI is InChI=1S/C46H26N4OS2/c1-2-12-27(13-3-1)43-48-44(50-45(49-43)34-20-9-18-32-31-16-4-6-24-38(31)52-42(32)34)33-19-11-23-37-41(33)40-30(17-10-22-36(40)51-37)28-14-8-15-29(26-28)46-47-35-21-5-7-25-39(35)53-46/h1-26H. The summed E-state index contributed by atoms with van der Waals surface area (Å²) in [5, 5.41) is 5.43. The number of rotatable bonds is 5. The van der Waals surface area contributed by atoms with Gasteiger partial charge in [0.2, 0.25) is 0 Å². The van der Waals surface area contributed by atoms with Crippen molar-refractivity contribution in [2.45, 2.75) is 0 Å². The van der Waals surface area contributed by atoms with E-state index < -0.39 is 0 Å². The van der Waals surface area contributed by atoms with Gasteiger partial charge in [0.1, 0.15) is 16.2 Å². The van der Waals surface area contributed by atoms with Crippen LogP contribution in [-0.2, 0) is 0 Å². The van der Waals surface area contributed by atoms with Gasteiger partial charge >= 0.3 is 0 Å². The van der Waals surface area contributed by atoms with E-state index in [9.17, 15) is 0 Å². The van der Waals surface area contributed by atoms with Crippen LogP contribution >= 0.6 is 22.7 Å². The lowest BCUT2D eigenvalue weighted by molar-refractivity contribution is 0.669. The molecule has 0 bridgehead atoms. The first-order chi connectivity index (χ1) is 26.2. The van der Waals surface area contributed by atoms with Crippen LogP contribution in [0.25, 0.3) is 108 Å². The Hall–Kier alpha value is -6.54. The topological polar surface area (TPSA) is 64.7 Å². The van der Waals surface area contributed by atoms with Crippen molar-refractivity contribution in [3.05, 3.63) is 158 Å². The van der Waals surface area contributed by atoms with Crippen molar-refractivity contribution in [1.82, 2.24) is 19.9 Å². The number of benzene rings is 7. The van der Waals surface area contributed by atoms with Gasteiger partial charge < -0.3 is 4.42 Å². The van der Waals surface area contributed by atoms with Crippen LogP contribution in [0.3, 0.4) is 0 Å². The fourth-order valence-corrected chi connectivity index (χ4v) is 9.54. The van der Waals surface area contributed by atoms with Gasteiger partial charge in [0, 0.05) is 53.2 Å². The minimum Gasteiger partial charge on any atom is -0.456 e. The molecule has 53 heavy (non-hydrogen) atoms. The highest BCUT2D eigenvalue weighted by Gasteiger charge is 2.21. The van der Waals surface area contributed by atoms with E-state index in [1.807, 2.05) is 54.6 Å². The smallest absolute Gasteiger partial charge is 0.165 e. The van der Waals surface area contributed by atoms with Gasteiger partial charge in [0.05, 0.1) is 10.2 Å². The van der Waals surface area contributed by atoms with Gasteiger partial charge in [-0.3, -0.25) is 0 Å². The molecule has 5 nitrogen and oxygen atoms in total. The molecule has 0 atom stereocenters. The summed E-state index contributed by atoms with van der Waals surface area (Å²) in [5.74, 6) is 1.86. The Morgan fingerprint density at radius 2 is 1.00 bits per heavy atom. The Labute approximate surface area is 311 Å². The van der Waals surface area contributed by atoms with Gasteiger partial charge in [0.25, 0.3) is 0 Å². The first-order valence-corrected chi connectivity index (χ1v) is 19.0. The number of hydrogen-bond acceptors (Lipinski definition) is 7. The maximum Gasteiger partial charge on any atom is 0.165 e. The summed E-state index contributed by atoms with van der Waals surface area (Å²) >= 11 is 3.48. The van der Waals surface area contributed by atoms with Crippen molar-refractivity contribution in [2.75, 3.05) is 0 Å². The van der Waals surface area contributed by atoms with Crippen molar-refractivity contribution < 1.29 is 4.42 Å². The van der Waals surface area contributed by atoms with Crippen LogP contribution in [0.4, 0.5) is 0 Å². The number of nitrogens with zero attached hydrogens (tertiary/aromatic N) is 4. The van der Waals surface area contributed by atoms with Gasteiger partial charge in [-0.25, -0.2) is 19.9 Å². The highest BCUT2D eigenvalue weighted by atomic mass is 32.1. The summed E-state index contributed by atoms with van der Waals surface area (Å²) < 4.78 is 10.1. The van der Waals surface area contributed by atoms with E-state index in [-0.39, 0.29) is 0 Å². The van der Waals surface area contributed by atoms with E-state index in [0.29, 0.717) is 17.5 Å². The molecule has 0 aliphatic rings. The molecule has 0 amide bonds. The van der Waals surface area contributed by atoms with Gasteiger partial charge in [-0.15, -0.1) is 22.7 Å². The Balaban J connectivity index is 1.14. The maximum atomic E-state index is 6.57. The lowest BCUT2D eigenvalue weighted by Crippen LogP contribution is -2.00. The quantitative estimate of drug-likeness (QED) is 0.178. The Morgan fingerprint density at radius 1 is 0.396 bits per heavy atom. The van der Waals surface area contributed by atoms with Crippen LogP contribution in [0.5, 0.6) is 0 Å². The minimum atomic E-state index is 0.596. The van der Waals surface area contributed by atoms with Crippen molar-refractivity contribution in [3.8, 4) is 55.9 Å². The zero-order chi connectivity index (χ0) is 34.9. The molecule has 0 saturated heterocycles. The second kappa shape index (κ2) is 12.0. The number of aromatic nitrogens is 4. The first kappa shape index (κ1) is 30.1. The molecule has 0 saturated carbocycles. The Morgan fingerprint density at radius 3 is 1.85 bits per heavy atom. The molecule has 0 aliphatic heterocycles. The zero-order valence-electron chi connectivity index (χ0n) is 28.0. The summed E-state index contributed by atoms with van der Waals surface area (Å²) in [4.78, 5) is 20.5. The molecule has 0 radical (unpaired) electrons. The fraction of sp³-hybridized carbons (Fsp3) is 0. The second-order valence-corrected chi connectivity index (χ2v) is 15.1. The number of para-hydroxylation sites is 1. The monoisotopic (exact) mass is 714 g/mol. The van der Waals surface area contributed by atoms with Crippen LogP contribution in [-0.4, -0.2) is 19.9 Å². The molecule has 4 aromatic heterocycles. The predicted molar refractivity (Wildman–Crippen MR) is 220 cm³/mol. The lowest BCUT2D eigenvalue weighted by Gasteiger charge is -2.11. The maximum absolute atomic E-state index is 6.57. The Kier molecular flexibility index (Phi) is 6.83. The van der Waals surface area contributed by atoms with Crippen LogP contribution in [0.15, 0.2) is 162 Å². The first-order valence-electron chi connectivity index (χ1n) is 17.4. The lowest BCUT2D eigenvalue weighted by atomic mass is 9.96.